The number of ether oxygens (including phenoxy) is 1. The first-order chi connectivity index (χ1) is 22.2. The third-order valence-corrected chi connectivity index (χ3v) is 9.63. The predicted molar refractivity (Wildman–Crippen MR) is 162 cm³/mol. The van der Waals surface area contributed by atoms with E-state index in [-0.39, 0.29) is 23.8 Å². The van der Waals surface area contributed by atoms with Crippen LogP contribution in [0.4, 0.5) is 13.2 Å². The summed E-state index contributed by atoms with van der Waals surface area (Å²) in [4.78, 5) is 48.5. The molecule has 4 aliphatic rings. The molecule has 4 aliphatic heterocycles. The summed E-state index contributed by atoms with van der Waals surface area (Å²) in [6.07, 6.45) is -1.14. The minimum Gasteiger partial charge on any atom is -0.542 e. The van der Waals surface area contributed by atoms with E-state index >= 15 is 0 Å². The summed E-state index contributed by atoms with van der Waals surface area (Å²) < 4.78 is 38.6. The molecule has 2 bridgehead atoms. The average Bonchev–Trinajstić information content (AvgIpc) is 3.07. The number of piperidine rings is 4. The second-order valence-electron chi connectivity index (χ2n) is 12.6. The van der Waals surface area contributed by atoms with Crippen molar-refractivity contribution in [2.45, 2.75) is 56.9 Å². The van der Waals surface area contributed by atoms with Crippen molar-refractivity contribution in [3.8, 4) is 0 Å². The lowest BCUT2D eigenvalue weighted by Crippen LogP contribution is -2.65. The number of nitrogens with zero attached hydrogens (tertiary/aromatic N) is 2. The number of quaternary nitrogens is 1. The molecule has 256 valence electrons. The maximum atomic E-state index is 13.7. The van der Waals surface area contributed by atoms with Crippen LogP contribution < -0.4 is 10.4 Å². The van der Waals surface area contributed by atoms with Crippen LogP contribution >= 0.6 is 0 Å². The molecular weight excluding hydrogens is 619 g/mol. The maximum absolute atomic E-state index is 13.7. The van der Waals surface area contributed by atoms with Crippen molar-refractivity contribution in [1.29, 1.82) is 0 Å². The average molecular weight is 662 g/mol. The van der Waals surface area contributed by atoms with Crippen molar-refractivity contribution in [3.05, 3.63) is 71.8 Å². The standard InChI is InChI=1S/C32H41N3O5.C2HF3O2/c1-24(36)34-18-13-26(14-19-34)30(37)33-17-8-20-35-21-15-25(16-22-35)29(23-35)40-31(38)32(39,27-9-4-2-5-10-27)28-11-6-3-7-12-28;3-2(4,5)1(6)7/h2-7,9-12,25-26,29,39H,8,13-23H2,1H3;(H,6,7)/t25?,29-,35?;/m0./s1. The molecule has 2 N–H and O–H groups in total. The lowest BCUT2D eigenvalue weighted by molar-refractivity contribution is -0.946. The lowest BCUT2D eigenvalue weighted by Gasteiger charge is -2.52. The van der Waals surface area contributed by atoms with Gasteiger partial charge in [-0.05, 0) is 24.0 Å². The van der Waals surface area contributed by atoms with E-state index < -0.39 is 23.7 Å². The molecule has 2 amide bonds. The number of carboxylic acids is 1. The quantitative estimate of drug-likeness (QED) is 0.239. The molecular formula is C34H42F3N3O7. The van der Waals surface area contributed by atoms with Crippen molar-refractivity contribution in [1.82, 2.24) is 10.2 Å². The number of aliphatic carboxylic acids is 1. The Kier molecular flexibility index (Phi) is 11.7. The number of carbonyl (C=O) groups excluding carboxylic acids is 4. The number of carbonyl (C=O) groups is 4. The number of alkyl halides is 3. The van der Waals surface area contributed by atoms with E-state index in [4.69, 9.17) is 14.6 Å². The highest BCUT2D eigenvalue weighted by molar-refractivity contribution is 5.85. The van der Waals surface area contributed by atoms with Gasteiger partial charge in [-0.1, -0.05) is 60.7 Å². The van der Waals surface area contributed by atoms with Crippen molar-refractivity contribution < 1.29 is 51.8 Å². The van der Waals surface area contributed by atoms with Crippen LogP contribution in [0.5, 0.6) is 0 Å². The summed E-state index contributed by atoms with van der Waals surface area (Å²) in [6.45, 7) is 7.28. The van der Waals surface area contributed by atoms with E-state index in [1.54, 1.807) is 31.2 Å². The van der Waals surface area contributed by atoms with Gasteiger partial charge in [-0.15, -0.1) is 0 Å². The minimum atomic E-state index is -5.19. The highest BCUT2D eigenvalue weighted by Crippen LogP contribution is 2.38. The summed E-state index contributed by atoms with van der Waals surface area (Å²) in [6, 6.07) is 18.1. The molecule has 1 atom stereocenters. The van der Waals surface area contributed by atoms with Gasteiger partial charge in [0.1, 0.15) is 12.5 Å². The molecule has 4 heterocycles. The third-order valence-electron chi connectivity index (χ3n) is 9.63. The van der Waals surface area contributed by atoms with Crippen LogP contribution in [0.3, 0.4) is 0 Å². The predicted octanol–water partition coefficient (Wildman–Crippen LogP) is 2.14. The molecule has 10 nitrogen and oxygen atoms in total. The maximum Gasteiger partial charge on any atom is 0.430 e. The summed E-state index contributed by atoms with van der Waals surface area (Å²) in [5, 5.41) is 23.7. The van der Waals surface area contributed by atoms with Gasteiger partial charge in [0.15, 0.2) is 6.10 Å². The van der Waals surface area contributed by atoms with Gasteiger partial charge in [-0.3, -0.25) is 9.59 Å². The molecule has 13 heteroatoms. The Morgan fingerprint density at radius 2 is 1.45 bits per heavy atom. The Morgan fingerprint density at radius 3 is 1.91 bits per heavy atom. The smallest absolute Gasteiger partial charge is 0.430 e. The fourth-order valence-corrected chi connectivity index (χ4v) is 6.88. The van der Waals surface area contributed by atoms with Crippen LogP contribution in [-0.4, -0.2) is 96.3 Å². The summed E-state index contributed by atoms with van der Waals surface area (Å²) in [7, 11) is 0. The number of rotatable bonds is 9. The van der Waals surface area contributed by atoms with Crippen molar-refractivity contribution in [2.75, 3.05) is 45.8 Å². The largest absolute Gasteiger partial charge is 0.542 e. The number of hydrogen-bond donors (Lipinski definition) is 2. The molecule has 0 saturated carbocycles. The molecule has 0 spiro atoms. The van der Waals surface area contributed by atoms with Crippen LogP contribution in [0.1, 0.15) is 50.2 Å². The highest BCUT2D eigenvalue weighted by Gasteiger charge is 2.50. The Balaban J connectivity index is 0.000000644. The molecule has 2 aromatic carbocycles. The minimum absolute atomic E-state index is 0.0230. The molecule has 4 saturated heterocycles. The number of esters is 1. The first kappa shape index (κ1) is 35.9. The fraction of sp³-hybridized carbons (Fsp3) is 0.529. The Morgan fingerprint density at radius 1 is 0.936 bits per heavy atom. The van der Waals surface area contributed by atoms with Gasteiger partial charge in [0.25, 0.3) is 0 Å². The van der Waals surface area contributed by atoms with Crippen molar-refractivity contribution >= 4 is 23.8 Å². The van der Waals surface area contributed by atoms with Crippen LogP contribution in [0, 0.1) is 11.8 Å². The SMILES string of the molecule is CC(=O)N1CCC(C(=O)NCCC[N+]23CCC(CC2)[C@@H](OC(=O)C(O)(c2ccccc2)c2ccccc2)C3)CC1.O=C([O-])C(F)(F)F. The molecule has 0 aliphatic carbocycles. The molecule has 47 heavy (non-hydrogen) atoms. The van der Waals surface area contributed by atoms with Crippen LogP contribution in [0.2, 0.25) is 0 Å². The highest BCUT2D eigenvalue weighted by atomic mass is 19.4. The normalized spacial score (nSPS) is 22.9. The van der Waals surface area contributed by atoms with E-state index in [1.807, 2.05) is 41.3 Å². The Hall–Kier alpha value is -3.97. The lowest BCUT2D eigenvalue weighted by atomic mass is 9.82. The molecule has 0 unspecified atom stereocenters. The first-order valence-corrected chi connectivity index (χ1v) is 16.0. The molecule has 6 rings (SSSR count). The number of nitrogens with one attached hydrogen (secondary N) is 1. The number of fused-ring (bicyclic) bond motifs is 3. The van der Waals surface area contributed by atoms with E-state index in [1.165, 1.54) is 0 Å². The number of benzene rings is 2. The van der Waals surface area contributed by atoms with Gasteiger partial charge in [0.2, 0.25) is 17.4 Å². The van der Waals surface area contributed by atoms with Gasteiger partial charge in [-0.2, -0.15) is 13.2 Å². The Bertz CT molecular complexity index is 1330. The monoisotopic (exact) mass is 661 g/mol. The van der Waals surface area contributed by atoms with Crippen LogP contribution in [0.15, 0.2) is 60.7 Å². The zero-order valence-electron chi connectivity index (χ0n) is 26.4. The van der Waals surface area contributed by atoms with Gasteiger partial charge < -0.3 is 34.4 Å². The molecule has 0 aromatic heterocycles. The van der Waals surface area contributed by atoms with Gasteiger partial charge in [0.05, 0.1) is 19.6 Å². The molecule has 0 radical (unpaired) electrons. The van der Waals surface area contributed by atoms with E-state index in [2.05, 4.69) is 5.32 Å². The van der Waals surface area contributed by atoms with E-state index in [0.717, 1.165) is 62.8 Å². The van der Waals surface area contributed by atoms with Crippen molar-refractivity contribution in [2.24, 2.45) is 11.8 Å². The summed E-state index contributed by atoms with van der Waals surface area (Å²) in [5.41, 5.74) is -0.873. The van der Waals surface area contributed by atoms with E-state index in [9.17, 15) is 32.7 Å². The molecule has 2 aromatic rings. The number of likely N-dealkylation sites (tertiary alicyclic amines) is 1. The zero-order valence-corrected chi connectivity index (χ0v) is 26.4. The summed E-state index contributed by atoms with van der Waals surface area (Å²) in [5.74, 6) is -3.18. The number of amides is 2. The molecule has 4 fully saturated rings. The summed E-state index contributed by atoms with van der Waals surface area (Å²) >= 11 is 0. The fourth-order valence-electron chi connectivity index (χ4n) is 6.88. The number of hydrogen-bond acceptors (Lipinski definition) is 7. The van der Waals surface area contributed by atoms with Crippen LogP contribution in [-0.2, 0) is 29.5 Å². The van der Waals surface area contributed by atoms with E-state index in [0.29, 0.717) is 36.7 Å². The Labute approximate surface area is 272 Å². The zero-order chi connectivity index (χ0) is 34.2. The first-order valence-electron chi connectivity index (χ1n) is 16.0. The third kappa shape index (κ3) is 8.89. The second-order valence-corrected chi connectivity index (χ2v) is 12.6. The van der Waals surface area contributed by atoms with Crippen LogP contribution in [0.25, 0.3) is 0 Å². The second kappa shape index (κ2) is 15.3. The van der Waals surface area contributed by atoms with Gasteiger partial charge in [-0.25, -0.2) is 4.79 Å². The number of aliphatic hydroxyl groups is 1. The van der Waals surface area contributed by atoms with Gasteiger partial charge >= 0.3 is 12.1 Å². The number of carboxylic acid groups (broad SMARTS) is 1. The topological polar surface area (TPSA) is 136 Å². The van der Waals surface area contributed by atoms with Gasteiger partial charge in [0, 0.05) is 57.7 Å². The number of halogens is 3. The van der Waals surface area contributed by atoms with Crippen molar-refractivity contribution in [3.63, 3.8) is 0 Å².